The van der Waals surface area contributed by atoms with Crippen LogP contribution < -0.4 is 0 Å². The molecule has 0 aliphatic carbocycles. The third-order valence-electron chi connectivity index (χ3n) is 5.46. The molecule has 2 N–H and O–H groups in total. The highest BCUT2D eigenvalue weighted by atomic mass is 32.2. The number of cyclic esters (lactones) is 1. The van der Waals surface area contributed by atoms with Crippen molar-refractivity contribution >= 4 is 35.2 Å². The molecule has 7 nitrogen and oxygen atoms in total. The number of amides is 1. The average Bonchev–Trinajstić information content (AvgIpc) is 3.26. The molecule has 1 aliphatic heterocycles. The molecule has 1 unspecified atom stereocenters. The summed E-state index contributed by atoms with van der Waals surface area (Å²) in [4.78, 5) is 28.9. The summed E-state index contributed by atoms with van der Waals surface area (Å²) < 4.78 is 6.06. The van der Waals surface area contributed by atoms with Crippen LogP contribution in [0.2, 0.25) is 0 Å². The maximum atomic E-state index is 12.3. The van der Waals surface area contributed by atoms with Crippen molar-refractivity contribution in [3.63, 3.8) is 0 Å². The molecule has 3 atom stereocenters. The molecule has 1 aromatic rings. The summed E-state index contributed by atoms with van der Waals surface area (Å²) in [5, 5.41) is 21.4. The van der Waals surface area contributed by atoms with Gasteiger partial charge in [-0.2, -0.15) is 0 Å². The second-order valence-electron chi connectivity index (χ2n) is 7.92. The van der Waals surface area contributed by atoms with E-state index >= 15 is 0 Å². The van der Waals surface area contributed by atoms with Crippen LogP contribution >= 0.6 is 23.1 Å². The first-order valence-corrected chi connectivity index (χ1v) is 12.2. The standard InChI is InChI=1S/C21H32N2O5S2/c1-5-6-9-21(27,14(2)3)10-7-8-17-15(4)28-20(26)23(17)11-12-29-19-22-16(13-30-19)18(24)25/h7-8,13-15,17,27H,5-6,9-12H2,1-4H3,(H,24,25)/t15-,17-,21?/m0/s1. The van der Waals surface area contributed by atoms with E-state index in [1.54, 1.807) is 4.90 Å². The summed E-state index contributed by atoms with van der Waals surface area (Å²) in [5.74, 6) is -0.305. The lowest BCUT2D eigenvalue weighted by Crippen LogP contribution is -2.37. The molecule has 1 saturated heterocycles. The molecule has 2 rings (SSSR count). The SMILES string of the molecule is CCCCC(O)(CC=C[C@H]1[C@H](C)OC(=O)N1CCSc1nc(C(=O)O)cs1)C(C)C. The number of aromatic carboxylic acids is 1. The highest BCUT2D eigenvalue weighted by Crippen LogP contribution is 2.29. The van der Waals surface area contributed by atoms with E-state index in [1.807, 2.05) is 32.9 Å². The van der Waals surface area contributed by atoms with Crippen LogP contribution in [0.25, 0.3) is 0 Å². The van der Waals surface area contributed by atoms with Crippen molar-refractivity contribution in [1.82, 2.24) is 9.88 Å². The Bertz CT molecular complexity index is 752. The van der Waals surface area contributed by atoms with E-state index in [0.29, 0.717) is 23.1 Å². The number of rotatable bonds is 12. The highest BCUT2D eigenvalue weighted by Gasteiger charge is 2.37. The molecule has 0 spiro atoms. The second-order valence-corrected chi connectivity index (χ2v) is 10.1. The predicted molar refractivity (Wildman–Crippen MR) is 119 cm³/mol. The smallest absolute Gasteiger partial charge is 0.410 e. The van der Waals surface area contributed by atoms with Gasteiger partial charge < -0.3 is 14.9 Å². The summed E-state index contributed by atoms with van der Waals surface area (Å²) in [6, 6.07) is -0.188. The van der Waals surface area contributed by atoms with Crippen LogP contribution in [-0.4, -0.2) is 62.2 Å². The number of carboxylic acid groups (broad SMARTS) is 1. The van der Waals surface area contributed by atoms with Crippen molar-refractivity contribution in [2.45, 2.75) is 75.5 Å². The Labute approximate surface area is 186 Å². The Balaban J connectivity index is 1.95. The number of carbonyl (C=O) groups excluding carboxylic acids is 1. The van der Waals surface area contributed by atoms with Crippen LogP contribution in [0.5, 0.6) is 0 Å². The first kappa shape index (κ1) is 24.7. The molecule has 0 radical (unpaired) electrons. The Kier molecular flexibility index (Phi) is 9.18. The molecular formula is C21H32N2O5S2. The zero-order chi connectivity index (χ0) is 22.3. The van der Waals surface area contributed by atoms with Gasteiger partial charge >= 0.3 is 12.1 Å². The molecule has 0 aromatic carbocycles. The van der Waals surface area contributed by atoms with Gasteiger partial charge in [-0.3, -0.25) is 4.90 Å². The van der Waals surface area contributed by atoms with Gasteiger partial charge in [-0.15, -0.1) is 11.3 Å². The van der Waals surface area contributed by atoms with Gasteiger partial charge in [-0.25, -0.2) is 14.6 Å². The van der Waals surface area contributed by atoms with Crippen molar-refractivity contribution < 1.29 is 24.5 Å². The van der Waals surface area contributed by atoms with Crippen LogP contribution in [0.3, 0.4) is 0 Å². The number of thiazole rings is 1. The van der Waals surface area contributed by atoms with Gasteiger partial charge in [0.25, 0.3) is 0 Å². The van der Waals surface area contributed by atoms with Crippen LogP contribution in [0, 0.1) is 5.92 Å². The number of hydrogen-bond acceptors (Lipinski definition) is 7. The third kappa shape index (κ3) is 6.46. The van der Waals surface area contributed by atoms with Crippen LogP contribution in [-0.2, 0) is 4.74 Å². The Hall–Kier alpha value is -1.58. The maximum absolute atomic E-state index is 12.3. The molecule has 9 heteroatoms. The fourth-order valence-electron chi connectivity index (χ4n) is 3.35. The Morgan fingerprint density at radius 1 is 1.50 bits per heavy atom. The summed E-state index contributed by atoms with van der Waals surface area (Å²) in [5.41, 5.74) is -0.703. The van der Waals surface area contributed by atoms with E-state index in [1.165, 1.54) is 28.5 Å². The molecule has 0 saturated carbocycles. The number of hydrogen-bond donors (Lipinski definition) is 2. The Morgan fingerprint density at radius 2 is 2.23 bits per heavy atom. The summed E-state index contributed by atoms with van der Waals surface area (Å²) in [6.45, 7) is 8.52. The zero-order valence-electron chi connectivity index (χ0n) is 18.0. The normalized spacial score (nSPS) is 21.4. The minimum absolute atomic E-state index is 0.0400. The molecule has 1 amide bonds. The highest BCUT2D eigenvalue weighted by molar-refractivity contribution is 8.01. The lowest BCUT2D eigenvalue weighted by atomic mass is 9.82. The number of carbonyl (C=O) groups is 2. The topological polar surface area (TPSA) is 100.0 Å². The van der Waals surface area contributed by atoms with Crippen LogP contribution in [0.4, 0.5) is 4.79 Å². The van der Waals surface area contributed by atoms with Crippen molar-refractivity contribution in [3.05, 3.63) is 23.2 Å². The first-order valence-electron chi connectivity index (χ1n) is 10.4. The third-order valence-corrected chi connectivity index (χ3v) is 7.47. The van der Waals surface area contributed by atoms with E-state index in [4.69, 9.17) is 9.84 Å². The number of nitrogens with zero attached hydrogens (tertiary/aromatic N) is 2. The van der Waals surface area contributed by atoms with Gasteiger partial charge in [0.05, 0.1) is 11.6 Å². The van der Waals surface area contributed by atoms with Gasteiger partial charge in [0, 0.05) is 17.7 Å². The number of ether oxygens (including phenoxy) is 1. The van der Waals surface area contributed by atoms with E-state index in [0.717, 1.165) is 19.3 Å². The largest absolute Gasteiger partial charge is 0.476 e. The van der Waals surface area contributed by atoms with Crippen molar-refractivity contribution in [1.29, 1.82) is 0 Å². The van der Waals surface area contributed by atoms with Gasteiger partial charge in [0.1, 0.15) is 6.10 Å². The number of unbranched alkanes of at least 4 members (excludes halogenated alkanes) is 1. The van der Waals surface area contributed by atoms with E-state index in [2.05, 4.69) is 11.9 Å². The van der Waals surface area contributed by atoms with Gasteiger partial charge in [0.2, 0.25) is 0 Å². The fraction of sp³-hybridized carbons (Fsp3) is 0.667. The number of aromatic nitrogens is 1. The second kappa shape index (κ2) is 11.2. The maximum Gasteiger partial charge on any atom is 0.410 e. The molecule has 168 valence electrons. The van der Waals surface area contributed by atoms with Crippen molar-refractivity contribution in [2.24, 2.45) is 5.92 Å². The summed E-state index contributed by atoms with van der Waals surface area (Å²) in [6.07, 6.45) is 6.64. The van der Waals surface area contributed by atoms with Gasteiger partial charge in [-0.1, -0.05) is 57.5 Å². The molecular weight excluding hydrogens is 424 g/mol. The zero-order valence-corrected chi connectivity index (χ0v) is 19.7. The van der Waals surface area contributed by atoms with Crippen molar-refractivity contribution in [3.8, 4) is 0 Å². The number of aliphatic hydroxyl groups is 1. The minimum Gasteiger partial charge on any atom is -0.476 e. The number of carboxylic acids is 1. The predicted octanol–water partition coefficient (Wildman–Crippen LogP) is 4.67. The monoisotopic (exact) mass is 456 g/mol. The molecule has 1 fully saturated rings. The van der Waals surface area contributed by atoms with E-state index in [-0.39, 0.29) is 29.9 Å². The number of thioether (sulfide) groups is 1. The van der Waals surface area contributed by atoms with Crippen molar-refractivity contribution in [2.75, 3.05) is 12.3 Å². The van der Waals surface area contributed by atoms with Gasteiger partial charge in [0.15, 0.2) is 10.0 Å². The molecule has 1 aliphatic rings. The quantitative estimate of drug-likeness (QED) is 0.348. The van der Waals surface area contributed by atoms with Gasteiger partial charge in [-0.05, 0) is 25.7 Å². The molecule has 2 heterocycles. The summed E-state index contributed by atoms with van der Waals surface area (Å²) >= 11 is 2.71. The lowest BCUT2D eigenvalue weighted by molar-refractivity contribution is -0.0122. The molecule has 1 aromatic heterocycles. The van der Waals surface area contributed by atoms with Crippen LogP contribution in [0.1, 0.15) is 63.9 Å². The molecule has 0 bridgehead atoms. The fourth-order valence-corrected chi connectivity index (χ4v) is 5.16. The first-order chi connectivity index (χ1) is 14.2. The summed E-state index contributed by atoms with van der Waals surface area (Å²) in [7, 11) is 0. The Morgan fingerprint density at radius 3 is 2.83 bits per heavy atom. The minimum atomic E-state index is -1.04. The van der Waals surface area contributed by atoms with E-state index < -0.39 is 11.6 Å². The average molecular weight is 457 g/mol. The van der Waals surface area contributed by atoms with E-state index in [9.17, 15) is 14.7 Å². The lowest BCUT2D eigenvalue weighted by Gasteiger charge is -2.31. The molecule has 30 heavy (non-hydrogen) atoms. The van der Waals surface area contributed by atoms with Crippen LogP contribution in [0.15, 0.2) is 21.9 Å².